The molecular weight excluding hydrogens is 350 g/mol. The molecule has 4 nitrogen and oxygen atoms in total. The Labute approximate surface area is 135 Å². The van der Waals surface area contributed by atoms with Gasteiger partial charge < -0.3 is 10.1 Å². The molecule has 0 spiro atoms. The van der Waals surface area contributed by atoms with Crippen LogP contribution in [0.4, 0.5) is 5.95 Å². The second kappa shape index (κ2) is 5.99. The molecule has 0 unspecified atom stereocenters. The molecule has 0 fully saturated rings. The number of hydrogen-bond donors (Lipinski definition) is 1. The van der Waals surface area contributed by atoms with Crippen LogP contribution in [0.2, 0.25) is 0 Å². The zero-order valence-corrected chi connectivity index (χ0v) is 14.1. The Hall–Kier alpha value is -1.66. The first-order valence-corrected chi connectivity index (χ1v) is 8.10. The van der Waals surface area contributed by atoms with E-state index in [1.807, 2.05) is 24.3 Å². The molecule has 0 bridgehead atoms. The van der Waals surface area contributed by atoms with Gasteiger partial charge in [0.05, 0.1) is 5.39 Å². The predicted octanol–water partition coefficient (Wildman–Crippen LogP) is 4.38. The lowest BCUT2D eigenvalue weighted by atomic mass is 10.2. The van der Waals surface area contributed by atoms with Crippen LogP contribution in [0.5, 0.6) is 5.88 Å². The van der Waals surface area contributed by atoms with Crippen LogP contribution in [0, 0.1) is 6.92 Å². The monoisotopic (exact) mass is 363 g/mol. The molecule has 0 aliphatic rings. The Morgan fingerprint density at radius 3 is 2.71 bits per heavy atom. The summed E-state index contributed by atoms with van der Waals surface area (Å²) in [5.41, 5.74) is 1.10. The first-order valence-electron chi connectivity index (χ1n) is 6.49. The Morgan fingerprint density at radius 1 is 1.24 bits per heavy atom. The van der Waals surface area contributed by atoms with Gasteiger partial charge in [0.15, 0.2) is 0 Å². The van der Waals surface area contributed by atoms with Gasteiger partial charge in [-0.25, -0.2) is 4.98 Å². The number of aromatic nitrogens is 2. The smallest absolute Gasteiger partial charge is 0.227 e. The second-order valence-corrected chi connectivity index (χ2v) is 6.74. The van der Waals surface area contributed by atoms with Crippen molar-refractivity contribution in [3.8, 4) is 5.88 Å². The van der Waals surface area contributed by atoms with Crippen molar-refractivity contribution >= 4 is 43.4 Å². The summed E-state index contributed by atoms with van der Waals surface area (Å²) < 4.78 is 6.96. The average Bonchev–Trinajstić information content (AvgIpc) is 2.86. The third-order valence-electron chi connectivity index (χ3n) is 2.99. The molecule has 1 N–H and O–H groups in total. The summed E-state index contributed by atoms with van der Waals surface area (Å²) in [6.45, 7) is 2.54. The van der Waals surface area contributed by atoms with Crippen LogP contribution in [0.1, 0.15) is 10.4 Å². The molecule has 0 aliphatic heterocycles. The number of fused-ring (bicyclic) bond motifs is 1. The average molecular weight is 364 g/mol. The maximum absolute atomic E-state index is 5.90. The van der Waals surface area contributed by atoms with Gasteiger partial charge in [0.25, 0.3) is 0 Å². The van der Waals surface area contributed by atoms with Crippen LogP contribution >= 0.6 is 27.3 Å². The van der Waals surface area contributed by atoms with Crippen molar-refractivity contribution in [2.75, 3.05) is 12.4 Å². The number of halogens is 1. The summed E-state index contributed by atoms with van der Waals surface area (Å²) >= 11 is 5.07. The highest BCUT2D eigenvalue weighted by Gasteiger charge is 2.11. The quantitative estimate of drug-likeness (QED) is 0.746. The predicted molar refractivity (Wildman–Crippen MR) is 90.2 cm³/mol. The Kier molecular flexibility index (Phi) is 4.07. The van der Waals surface area contributed by atoms with Gasteiger partial charge in [0.1, 0.15) is 11.4 Å². The largest absolute Gasteiger partial charge is 0.472 e. The van der Waals surface area contributed by atoms with Crippen LogP contribution in [-0.2, 0) is 6.61 Å². The van der Waals surface area contributed by atoms with E-state index in [1.54, 1.807) is 18.4 Å². The lowest BCUT2D eigenvalue weighted by Crippen LogP contribution is -2.01. The van der Waals surface area contributed by atoms with E-state index in [-0.39, 0.29) is 0 Å². The fourth-order valence-electron chi connectivity index (χ4n) is 1.97. The number of aryl methyl sites for hydroxylation is 1. The molecule has 0 saturated carbocycles. The number of hydrogen-bond acceptors (Lipinski definition) is 5. The van der Waals surface area contributed by atoms with Gasteiger partial charge in [-0.05, 0) is 30.7 Å². The summed E-state index contributed by atoms with van der Waals surface area (Å²) in [6, 6.07) is 10.1. The first-order chi connectivity index (χ1) is 10.2. The molecule has 0 amide bonds. The molecule has 21 heavy (non-hydrogen) atoms. The lowest BCUT2D eigenvalue weighted by molar-refractivity contribution is 0.298. The summed E-state index contributed by atoms with van der Waals surface area (Å²) in [6.07, 6.45) is 0. The van der Waals surface area contributed by atoms with Crippen LogP contribution in [0.25, 0.3) is 10.2 Å². The standard InChI is InChI=1S/C15H14BrN3OS/c1-9-7-12-13(18-15(17-2)19-14(12)21-9)20-8-10-3-5-11(16)6-4-10/h3-7H,8H2,1-2H3,(H,17,18,19). The van der Waals surface area contributed by atoms with E-state index < -0.39 is 0 Å². The third kappa shape index (κ3) is 3.16. The number of rotatable bonds is 4. The molecule has 3 aromatic rings. The first kappa shape index (κ1) is 14.3. The van der Waals surface area contributed by atoms with Crippen LogP contribution in [-0.4, -0.2) is 17.0 Å². The number of nitrogens with one attached hydrogen (secondary N) is 1. The molecule has 0 radical (unpaired) electrons. The van der Waals surface area contributed by atoms with Crippen LogP contribution in [0.15, 0.2) is 34.8 Å². The van der Waals surface area contributed by atoms with Gasteiger partial charge in [-0.2, -0.15) is 4.98 Å². The van der Waals surface area contributed by atoms with Crippen molar-refractivity contribution in [3.05, 3.63) is 45.2 Å². The molecule has 0 saturated heterocycles. The van der Waals surface area contributed by atoms with Crippen molar-refractivity contribution in [2.45, 2.75) is 13.5 Å². The maximum atomic E-state index is 5.90. The van der Waals surface area contributed by atoms with Crippen molar-refractivity contribution in [1.29, 1.82) is 0 Å². The zero-order chi connectivity index (χ0) is 14.8. The molecule has 108 valence electrons. The minimum atomic E-state index is 0.484. The molecule has 2 aromatic heterocycles. The fraction of sp³-hybridized carbons (Fsp3) is 0.200. The second-order valence-electron chi connectivity index (χ2n) is 4.59. The topological polar surface area (TPSA) is 47.0 Å². The van der Waals surface area contributed by atoms with E-state index in [1.165, 1.54) is 4.88 Å². The lowest BCUT2D eigenvalue weighted by Gasteiger charge is -2.08. The van der Waals surface area contributed by atoms with Gasteiger partial charge in [-0.3, -0.25) is 0 Å². The van der Waals surface area contributed by atoms with E-state index in [0.717, 1.165) is 20.3 Å². The van der Waals surface area contributed by atoms with E-state index in [9.17, 15) is 0 Å². The van der Waals surface area contributed by atoms with E-state index in [2.05, 4.69) is 44.2 Å². The number of ether oxygens (including phenoxy) is 1. The van der Waals surface area contributed by atoms with E-state index in [0.29, 0.717) is 18.4 Å². The summed E-state index contributed by atoms with van der Waals surface area (Å²) in [4.78, 5) is 11.0. The van der Waals surface area contributed by atoms with Crippen LogP contribution in [0.3, 0.4) is 0 Å². The molecule has 0 atom stereocenters. The van der Waals surface area contributed by atoms with Crippen LogP contribution < -0.4 is 10.1 Å². The van der Waals surface area contributed by atoms with E-state index >= 15 is 0 Å². The molecule has 3 rings (SSSR count). The summed E-state index contributed by atoms with van der Waals surface area (Å²) in [5.74, 6) is 1.20. The molecule has 1 aromatic carbocycles. The normalized spacial score (nSPS) is 10.8. The highest BCUT2D eigenvalue weighted by Crippen LogP contribution is 2.31. The zero-order valence-electron chi connectivity index (χ0n) is 11.7. The minimum Gasteiger partial charge on any atom is -0.472 e. The Morgan fingerprint density at radius 2 is 2.00 bits per heavy atom. The highest BCUT2D eigenvalue weighted by molar-refractivity contribution is 9.10. The van der Waals surface area contributed by atoms with Crippen molar-refractivity contribution in [3.63, 3.8) is 0 Å². The van der Waals surface area contributed by atoms with Gasteiger partial charge in [0, 0.05) is 16.4 Å². The minimum absolute atomic E-state index is 0.484. The third-order valence-corrected chi connectivity index (χ3v) is 4.47. The van der Waals surface area contributed by atoms with Crippen molar-refractivity contribution in [2.24, 2.45) is 0 Å². The highest BCUT2D eigenvalue weighted by atomic mass is 79.9. The SMILES string of the molecule is CNc1nc(OCc2ccc(Br)cc2)c2cc(C)sc2n1. The Balaban J connectivity index is 1.90. The van der Waals surface area contributed by atoms with Gasteiger partial charge in [0.2, 0.25) is 11.8 Å². The fourth-order valence-corrected chi connectivity index (χ4v) is 3.10. The number of thiophene rings is 1. The number of anilines is 1. The van der Waals surface area contributed by atoms with Gasteiger partial charge >= 0.3 is 0 Å². The van der Waals surface area contributed by atoms with Crippen molar-refractivity contribution in [1.82, 2.24) is 9.97 Å². The summed E-state index contributed by atoms with van der Waals surface area (Å²) in [7, 11) is 1.81. The number of nitrogens with zero attached hydrogens (tertiary/aromatic N) is 2. The molecule has 6 heteroatoms. The van der Waals surface area contributed by atoms with Gasteiger partial charge in [-0.15, -0.1) is 11.3 Å². The number of benzene rings is 1. The maximum Gasteiger partial charge on any atom is 0.227 e. The van der Waals surface area contributed by atoms with E-state index in [4.69, 9.17) is 4.74 Å². The molecule has 2 heterocycles. The van der Waals surface area contributed by atoms with Gasteiger partial charge in [-0.1, -0.05) is 28.1 Å². The summed E-state index contributed by atoms with van der Waals surface area (Å²) in [5, 5.41) is 3.94. The molecule has 0 aliphatic carbocycles. The van der Waals surface area contributed by atoms with Crippen molar-refractivity contribution < 1.29 is 4.74 Å². The Bertz CT molecular complexity index is 770. The molecular formula is C15H14BrN3OS.